The SMILES string of the molecule is Cc1ccccc1C(=O)Nc1ccc2c(c1)CC(=O)N2. The molecule has 20 heavy (non-hydrogen) atoms. The Balaban J connectivity index is 1.82. The van der Waals surface area contributed by atoms with Crippen molar-refractivity contribution in [2.75, 3.05) is 10.6 Å². The lowest BCUT2D eigenvalue weighted by Gasteiger charge is -2.08. The third kappa shape index (κ3) is 2.28. The van der Waals surface area contributed by atoms with Crippen LogP contribution < -0.4 is 10.6 Å². The number of fused-ring (bicyclic) bond motifs is 1. The van der Waals surface area contributed by atoms with Crippen LogP contribution in [0, 0.1) is 6.92 Å². The van der Waals surface area contributed by atoms with E-state index >= 15 is 0 Å². The van der Waals surface area contributed by atoms with Crippen LogP contribution in [0.25, 0.3) is 0 Å². The Bertz CT molecular complexity index is 707. The van der Waals surface area contributed by atoms with Gasteiger partial charge in [0.1, 0.15) is 0 Å². The second kappa shape index (κ2) is 4.81. The first-order valence-corrected chi connectivity index (χ1v) is 6.43. The van der Waals surface area contributed by atoms with Crippen molar-refractivity contribution in [3.05, 3.63) is 59.2 Å². The summed E-state index contributed by atoms with van der Waals surface area (Å²) in [5.74, 6) is -0.150. The Morgan fingerprint density at radius 3 is 2.80 bits per heavy atom. The zero-order valence-corrected chi connectivity index (χ0v) is 11.1. The number of aryl methyl sites for hydroxylation is 1. The van der Waals surface area contributed by atoms with Crippen LogP contribution in [0.2, 0.25) is 0 Å². The summed E-state index contributed by atoms with van der Waals surface area (Å²) < 4.78 is 0. The summed E-state index contributed by atoms with van der Waals surface area (Å²) in [7, 11) is 0. The number of carbonyl (C=O) groups excluding carboxylic acids is 2. The third-order valence-electron chi connectivity index (χ3n) is 3.38. The molecule has 2 amide bonds. The van der Waals surface area contributed by atoms with Gasteiger partial charge in [-0.05, 0) is 42.3 Å². The molecule has 2 aromatic rings. The van der Waals surface area contributed by atoms with E-state index < -0.39 is 0 Å². The molecule has 2 aromatic carbocycles. The van der Waals surface area contributed by atoms with Crippen LogP contribution in [0.3, 0.4) is 0 Å². The summed E-state index contributed by atoms with van der Waals surface area (Å²) in [6.07, 6.45) is 0.364. The highest BCUT2D eigenvalue weighted by atomic mass is 16.2. The van der Waals surface area contributed by atoms with E-state index in [0.717, 1.165) is 16.8 Å². The molecule has 0 atom stereocenters. The van der Waals surface area contributed by atoms with Gasteiger partial charge in [-0.3, -0.25) is 9.59 Å². The number of anilines is 2. The lowest BCUT2D eigenvalue weighted by Crippen LogP contribution is -2.13. The van der Waals surface area contributed by atoms with Gasteiger partial charge in [-0.2, -0.15) is 0 Å². The third-order valence-corrected chi connectivity index (χ3v) is 3.38. The average molecular weight is 266 g/mol. The summed E-state index contributed by atoms with van der Waals surface area (Å²) in [6.45, 7) is 1.90. The molecule has 0 saturated carbocycles. The van der Waals surface area contributed by atoms with Crippen LogP contribution in [0.15, 0.2) is 42.5 Å². The van der Waals surface area contributed by atoms with Crippen molar-refractivity contribution in [2.45, 2.75) is 13.3 Å². The number of hydrogen-bond acceptors (Lipinski definition) is 2. The highest BCUT2D eigenvalue weighted by Crippen LogP contribution is 2.26. The van der Waals surface area contributed by atoms with E-state index in [2.05, 4.69) is 10.6 Å². The summed E-state index contributed by atoms with van der Waals surface area (Å²) in [6, 6.07) is 12.9. The fourth-order valence-corrected chi connectivity index (χ4v) is 2.33. The minimum absolute atomic E-state index is 0.0117. The lowest BCUT2D eigenvalue weighted by atomic mass is 10.1. The van der Waals surface area contributed by atoms with Gasteiger partial charge in [-0.25, -0.2) is 0 Å². The summed E-state index contributed by atoms with van der Waals surface area (Å²) in [4.78, 5) is 23.5. The standard InChI is InChI=1S/C16H14N2O2/c1-10-4-2-3-5-13(10)16(20)17-12-6-7-14-11(8-12)9-15(19)18-14/h2-8H,9H2,1H3,(H,17,20)(H,18,19). The van der Waals surface area contributed by atoms with Gasteiger partial charge in [-0.15, -0.1) is 0 Å². The van der Waals surface area contributed by atoms with E-state index in [-0.39, 0.29) is 11.8 Å². The normalized spacial score (nSPS) is 12.8. The van der Waals surface area contributed by atoms with Gasteiger partial charge in [-0.1, -0.05) is 18.2 Å². The molecule has 1 aliphatic heterocycles. The van der Waals surface area contributed by atoms with Crippen LogP contribution in [0.4, 0.5) is 11.4 Å². The van der Waals surface area contributed by atoms with Gasteiger partial charge in [0.15, 0.2) is 0 Å². The Morgan fingerprint density at radius 2 is 2.00 bits per heavy atom. The molecule has 0 unspecified atom stereocenters. The van der Waals surface area contributed by atoms with Gasteiger partial charge >= 0.3 is 0 Å². The predicted octanol–water partition coefficient (Wildman–Crippen LogP) is 2.74. The second-order valence-electron chi connectivity index (χ2n) is 4.87. The van der Waals surface area contributed by atoms with Crippen LogP contribution in [0.5, 0.6) is 0 Å². The molecule has 4 nitrogen and oxygen atoms in total. The highest BCUT2D eigenvalue weighted by molar-refractivity contribution is 6.06. The Kier molecular flexibility index (Phi) is 2.99. The Hall–Kier alpha value is -2.62. The molecule has 1 aliphatic rings. The first-order valence-electron chi connectivity index (χ1n) is 6.43. The molecular weight excluding hydrogens is 252 g/mol. The van der Waals surface area contributed by atoms with Gasteiger partial charge < -0.3 is 10.6 Å². The molecule has 0 aliphatic carbocycles. The maximum atomic E-state index is 12.2. The average Bonchev–Trinajstić information content (AvgIpc) is 2.78. The Labute approximate surface area is 116 Å². The zero-order chi connectivity index (χ0) is 14.1. The smallest absolute Gasteiger partial charge is 0.255 e. The fraction of sp³-hybridized carbons (Fsp3) is 0.125. The van der Waals surface area contributed by atoms with Gasteiger partial charge in [0.2, 0.25) is 5.91 Å². The molecule has 0 bridgehead atoms. The van der Waals surface area contributed by atoms with Crippen molar-refractivity contribution < 1.29 is 9.59 Å². The topological polar surface area (TPSA) is 58.2 Å². The van der Waals surface area contributed by atoms with E-state index in [1.807, 2.05) is 37.3 Å². The number of carbonyl (C=O) groups is 2. The van der Waals surface area contributed by atoms with Crippen LogP contribution in [-0.4, -0.2) is 11.8 Å². The second-order valence-corrected chi connectivity index (χ2v) is 4.87. The molecule has 4 heteroatoms. The molecule has 100 valence electrons. The number of nitrogens with one attached hydrogen (secondary N) is 2. The maximum absolute atomic E-state index is 12.2. The summed E-state index contributed by atoms with van der Waals surface area (Å²) in [5.41, 5.74) is 4.03. The molecule has 2 N–H and O–H groups in total. The van der Waals surface area contributed by atoms with E-state index in [0.29, 0.717) is 17.7 Å². The zero-order valence-electron chi connectivity index (χ0n) is 11.1. The highest BCUT2D eigenvalue weighted by Gasteiger charge is 2.18. The number of amides is 2. The van der Waals surface area contributed by atoms with Crippen LogP contribution >= 0.6 is 0 Å². The number of rotatable bonds is 2. The van der Waals surface area contributed by atoms with Gasteiger partial charge in [0.25, 0.3) is 5.91 Å². The minimum atomic E-state index is -0.139. The van der Waals surface area contributed by atoms with Crippen LogP contribution in [0.1, 0.15) is 21.5 Å². The first-order chi connectivity index (χ1) is 9.63. The van der Waals surface area contributed by atoms with Gasteiger partial charge in [0.05, 0.1) is 6.42 Å². The largest absolute Gasteiger partial charge is 0.326 e. The fourth-order valence-electron chi connectivity index (χ4n) is 2.33. The molecule has 0 spiro atoms. The maximum Gasteiger partial charge on any atom is 0.255 e. The molecule has 0 aromatic heterocycles. The minimum Gasteiger partial charge on any atom is -0.326 e. The summed E-state index contributed by atoms with van der Waals surface area (Å²) in [5, 5.41) is 5.63. The van der Waals surface area contributed by atoms with Crippen molar-refractivity contribution in [1.29, 1.82) is 0 Å². The van der Waals surface area contributed by atoms with Crippen LogP contribution in [-0.2, 0) is 11.2 Å². The summed E-state index contributed by atoms with van der Waals surface area (Å²) >= 11 is 0. The molecule has 3 rings (SSSR count). The molecule has 1 heterocycles. The van der Waals surface area contributed by atoms with Crippen molar-refractivity contribution in [3.63, 3.8) is 0 Å². The number of benzene rings is 2. The van der Waals surface area contributed by atoms with E-state index in [1.54, 1.807) is 12.1 Å². The lowest BCUT2D eigenvalue weighted by molar-refractivity contribution is -0.115. The first kappa shape index (κ1) is 12.4. The van der Waals surface area contributed by atoms with Crippen molar-refractivity contribution in [1.82, 2.24) is 0 Å². The molecule has 0 fully saturated rings. The van der Waals surface area contributed by atoms with Crippen molar-refractivity contribution in [2.24, 2.45) is 0 Å². The van der Waals surface area contributed by atoms with E-state index in [1.165, 1.54) is 0 Å². The monoisotopic (exact) mass is 266 g/mol. The molecule has 0 saturated heterocycles. The predicted molar refractivity (Wildman–Crippen MR) is 77.9 cm³/mol. The van der Waals surface area contributed by atoms with E-state index in [9.17, 15) is 9.59 Å². The molecular formula is C16H14N2O2. The quantitative estimate of drug-likeness (QED) is 0.878. The number of hydrogen-bond donors (Lipinski definition) is 2. The van der Waals surface area contributed by atoms with Crippen molar-refractivity contribution >= 4 is 23.2 Å². The van der Waals surface area contributed by atoms with Gasteiger partial charge in [0, 0.05) is 16.9 Å². The van der Waals surface area contributed by atoms with Crippen molar-refractivity contribution in [3.8, 4) is 0 Å². The Morgan fingerprint density at radius 1 is 1.20 bits per heavy atom. The molecule has 0 radical (unpaired) electrons. The van der Waals surface area contributed by atoms with E-state index in [4.69, 9.17) is 0 Å².